The van der Waals surface area contributed by atoms with Gasteiger partial charge in [0.1, 0.15) is 11.5 Å². The van der Waals surface area contributed by atoms with Crippen LogP contribution in [0.15, 0.2) is 12.1 Å². The Morgan fingerprint density at radius 1 is 1.20 bits per heavy atom. The SMILES string of the molecule is COc1cc(NC(=O)NCCOC2CCCCC2C)c(OC)cc1Cl. The van der Waals surface area contributed by atoms with Gasteiger partial charge in [-0.3, -0.25) is 0 Å². The van der Waals surface area contributed by atoms with Gasteiger partial charge in [0.05, 0.1) is 37.6 Å². The van der Waals surface area contributed by atoms with E-state index in [0.717, 1.165) is 6.42 Å². The Labute approximate surface area is 154 Å². The summed E-state index contributed by atoms with van der Waals surface area (Å²) < 4.78 is 16.3. The largest absolute Gasteiger partial charge is 0.495 e. The molecule has 0 saturated heterocycles. The maximum absolute atomic E-state index is 12.1. The van der Waals surface area contributed by atoms with Crippen LogP contribution in [0.1, 0.15) is 32.6 Å². The quantitative estimate of drug-likeness (QED) is 0.710. The number of urea groups is 1. The van der Waals surface area contributed by atoms with E-state index < -0.39 is 0 Å². The van der Waals surface area contributed by atoms with Crippen molar-refractivity contribution in [1.82, 2.24) is 5.32 Å². The van der Waals surface area contributed by atoms with Crippen LogP contribution in [0.25, 0.3) is 0 Å². The maximum atomic E-state index is 12.1. The normalized spacial score (nSPS) is 20.0. The van der Waals surface area contributed by atoms with Gasteiger partial charge in [-0.05, 0) is 18.8 Å². The molecule has 0 aliphatic heterocycles. The van der Waals surface area contributed by atoms with Gasteiger partial charge in [0.15, 0.2) is 0 Å². The van der Waals surface area contributed by atoms with Crippen molar-refractivity contribution in [1.29, 1.82) is 0 Å². The molecule has 1 aliphatic rings. The number of rotatable bonds is 7. The summed E-state index contributed by atoms with van der Waals surface area (Å²) >= 11 is 6.05. The zero-order valence-corrected chi connectivity index (χ0v) is 15.8. The van der Waals surface area contributed by atoms with E-state index in [1.54, 1.807) is 12.1 Å². The molecule has 1 aromatic rings. The minimum Gasteiger partial charge on any atom is -0.495 e. The van der Waals surface area contributed by atoms with Gasteiger partial charge in [-0.25, -0.2) is 4.79 Å². The number of ether oxygens (including phenoxy) is 3. The van der Waals surface area contributed by atoms with E-state index in [9.17, 15) is 4.79 Å². The fourth-order valence-corrected chi connectivity index (χ4v) is 3.26. The summed E-state index contributed by atoms with van der Waals surface area (Å²) in [6, 6.07) is 2.90. The molecular formula is C18H27ClN2O4. The number of carbonyl (C=O) groups excluding carboxylic acids is 1. The number of hydrogen-bond donors (Lipinski definition) is 2. The molecule has 0 bridgehead atoms. The molecule has 2 unspecified atom stereocenters. The Bertz CT molecular complexity index is 582. The van der Waals surface area contributed by atoms with Crippen molar-refractivity contribution in [2.45, 2.75) is 38.7 Å². The molecule has 2 amide bonds. The maximum Gasteiger partial charge on any atom is 0.319 e. The standard InChI is InChI=1S/C18H27ClN2O4/c1-12-6-4-5-7-15(12)25-9-8-20-18(22)21-14-11-16(23-2)13(19)10-17(14)24-3/h10-12,15H,4-9H2,1-3H3,(H2,20,21,22). The van der Waals surface area contributed by atoms with Crippen LogP contribution in [0.5, 0.6) is 11.5 Å². The van der Waals surface area contributed by atoms with Crippen LogP contribution in [0, 0.1) is 5.92 Å². The number of amides is 2. The highest BCUT2D eigenvalue weighted by Crippen LogP contribution is 2.35. The van der Waals surface area contributed by atoms with Gasteiger partial charge >= 0.3 is 6.03 Å². The minimum absolute atomic E-state index is 0.305. The molecule has 1 saturated carbocycles. The third-order valence-corrected chi connectivity index (χ3v) is 4.77. The van der Waals surface area contributed by atoms with E-state index in [-0.39, 0.29) is 6.03 Å². The lowest BCUT2D eigenvalue weighted by atomic mass is 9.88. The van der Waals surface area contributed by atoms with Crippen molar-refractivity contribution >= 4 is 23.3 Å². The van der Waals surface area contributed by atoms with E-state index in [4.69, 9.17) is 25.8 Å². The summed E-state index contributed by atoms with van der Waals surface area (Å²) in [5.74, 6) is 1.52. The molecule has 0 radical (unpaired) electrons. The van der Waals surface area contributed by atoms with E-state index in [1.165, 1.54) is 33.5 Å². The van der Waals surface area contributed by atoms with Gasteiger partial charge in [-0.2, -0.15) is 0 Å². The fourth-order valence-electron chi connectivity index (χ4n) is 3.03. The second kappa shape index (κ2) is 9.73. The summed E-state index contributed by atoms with van der Waals surface area (Å²) in [5, 5.41) is 5.94. The summed E-state index contributed by atoms with van der Waals surface area (Å²) in [5.41, 5.74) is 0.489. The Morgan fingerprint density at radius 2 is 1.92 bits per heavy atom. The average Bonchev–Trinajstić information content (AvgIpc) is 2.61. The highest BCUT2D eigenvalue weighted by atomic mass is 35.5. The molecule has 1 fully saturated rings. The van der Waals surface area contributed by atoms with E-state index in [1.807, 2.05) is 0 Å². The molecule has 7 heteroatoms. The smallest absolute Gasteiger partial charge is 0.319 e. The number of hydrogen-bond acceptors (Lipinski definition) is 4. The lowest BCUT2D eigenvalue weighted by molar-refractivity contribution is -0.00232. The Kier molecular flexibility index (Phi) is 7.65. The molecule has 0 aromatic heterocycles. The molecule has 140 valence electrons. The molecule has 2 N–H and O–H groups in total. The van der Waals surface area contributed by atoms with Gasteiger partial charge < -0.3 is 24.8 Å². The van der Waals surface area contributed by atoms with E-state index in [0.29, 0.717) is 47.4 Å². The monoisotopic (exact) mass is 370 g/mol. The summed E-state index contributed by atoms with van der Waals surface area (Å²) in [7, 11) is 3.03. The van der Waals surface area contributed by atoms with Gasteiger partial charge in [0, 0.05) is 18.7 Å². The predicted octanol–water partition coefficient (Wildman–Crippen LogP) is 4.07. The number of nitrogens with one attached hydrogen (secondary N) is 2. The van der Waals surface area contributed by atoms with Crippen LogP contribution >= 0.6 is 11.6 Å². The van der Waals surface area contributed by atoms with Gasteiger partial charge in [-0.15, -0.1) is 0 Å². The van der Waals surface area contributed by atoms with Crippen molar-refractivity contribution in [3.63, 3.8) is 0 Å². The summed E-state index contributed by atoms with van der Waals surface area (Å²) in [6.45, 7) is 3.18. The van der Waals surface area contributed by atoms with Crippen molar-refractivity contribution < 1.29 is 19.0 Å². The number of benzene rings is 1. The van der Waals surface area contributed by atoms with Crippen LogP contribution in [-0.4, -0.2) is 39.5 Å². The van der Waals surface area contributed by atoms with Crippen LogP contribution in [0.2, 0.25) is 5.02 Å². The number of anilines is 1. The molecule has 1 aromatic carbocycles. The number of carbonyl (C=O) groups is 1. The van der Waals surface area contributed by atoms with Crippen molar-refractivity contribution in [2.75, 3.05) is 32.7 Å². The molecule has 0 spiro atoms. The van der Waals surface area contributed by atoms with Crippen LogP contribution in [0.4, 0.5) is 10.5 Å². The van der Waals surface area contributed by atoms with Gasteiger partial charge in [0.25, 0.3) is 0 Å². The Hall–Kier alpha value is -1.66. The Morgan fingerprint density at radius 3 is 2.60 bits per heavy atom. The topological polar surface area (TPSA) is 68.8 Å². The van der Waals surface area contributed by atoms with Crippen LogP contribution in [-0.2, 0) is 4.74 Å². The third kappa shape index (κ3) is 5.68. The van der Waals surface area contributed by atoms with Crippen molar-refractivity contribution in [2.24, 2.45) is 5.92 Å². The minimum atomic E-state index is -0.331. The molecule has 0 heterocycles. The highest BCUT2D eigenvalue weighted by Gasteiger charge is 2.21. The zero-order valence-electron chi connectivity index (χ0n) is 15.1. The van der Waals surface area contributed by atoms with E-state index >= 15 is 0 Å². The molecule has 2 rings (SSSR count). The van der Waals surface area contributed by atoms with Crippen LogP contribution in [0.3, 0.4) is 0 Å². The summed E-state index contributed by atoms with van der Waals surface area (Å²) in [6.07, 6.45) is 5.14. The van der Waals surface area contributed by atoms with E-state index in [2.05, 4.69) is 17.6 Å². The average molecular weight is 371 g/mol. The molecule has 25 heavy (non-hydrogen) atoms. The van der Waals surface area contributed by atoms with Crippen molar-refractivity contribution in [3.8, 4) is 11.5 Å². The fraction of sp³-hybridized carbons (Fsp3) is 0.611. The van der Waals surface area contributed by atoms with Gasteiger partial charge in [-0.1, -0.05) is 31.4 Å². The number of halogens is 1. The molecule has 6 nitrogen and oxygen atoms in total. The predicted molar refractivity (Wildman–Crippen MR) is 98.9 cm³/mol. The Balaban J connectivity index is 1.80. The summed E-state index contributed by atoms with van der Waals surface area (Å²) in [4.78, 5) is 12.1. The van der Waals surface area contributed by atoms with Crippen molar-refractivity contribution in [3.05, 3.63) is 17.2 Å². The second-order valence-corrected chi connectivity index (χ2v) is 6.65. The third-order valence-electron chi connectivity index (χ3n) is 4.47. The molecule has 2 atom stereocenters. The zero-order chi connectivity index (χ0) is 18.2. The molecular weight excluding hydrogens is 344 g/mol. The first kappa shape index (κ1) is 19.7. The second-order valence-electron chi connectivity index (χ2n) is 6.24. The lowest BCUT2D eigenvalue weighted by Crippen LogP contribution is -2.34. The molecule has 1 aliphatic carbocycles. The highest BCUT2D eigenvalue weighted by molar-refractivity contribution is 6.32. The van der Waals surface area contributed by atoms with Crippen LogP contribution < -0.4 is 20.1 Å². The first-order valence-corrected chi connectivity index (χ1v) is 9.01. The van der Waals surface area contributed by atoms with Gasteiger partial charge in [0.2, 0.25) is 0 Å². The first-order valence-electron chi connectivity index (χ1n) is 8.63. The first-order chi connectivity index (χ1) is 12.0. The lowest BCUT2D eigenvalue weighted by Gasteiger charge is -2.28. The number of methoxy groups -OCH3 is 2.